The fourth-order valence-corrected chi connectivity index (χ4v) is 3.76. The number of nitrogens with one attached hydrogen (secondary N) is 1. The average molecular weight is 390 g/mol. The van der Waals surface area contributed by atoms with E-state index in [9.17, 15) is 4.79 Å². The third kappa shape index (κ3) is 3.37. The lowest BCUT2D eigenvalue weighted by Crippen LogP contribution is -2.40. The number of nitrogens with zero attached hydrogens (tertiary/aromatic N) is 2. The van der Waals surface area contributed by atoms with E-state index in [1.54, 1.807) is 18.2 Å². The normalized spacial score (nSPS) is 17.0. The minimum absolute atomic E-state index is 0.137. The third-order valence-corrected chi connectivity index (χ3v) is 5.13. The van der Waals surface area contributed by atoms with Gasteiger partial charge in [0.05, 0.1) is 16.6 Å². The number of halogens is 2. The first kappa shape index (κ1) is 17.2. The van der Waals surface area contributed by atoms with Crippen LogP contribution in [0.4, 0.5) is 6.01 Å². The van der Waals surface area contributed by atoms with E-state index in [1.165, 1.54) is 0 Å². The van der Waals surface area contributed by atoms with Crippen LogP contribution in [0.25, 0.3) is 11.1 Å². The number of para-hydroxylation sites is 2. The van der Waals surface area contributed by atoms with Crippen molar-refractivity contribution in [3.05, 3.63) is 58.1 Å². The summed E-state index contributed by atoms with van der Waals surface area (Å²) in [7, 11) is 0. The van der Waals surface area contributed by atoms with E-state index in [0.717, 1.165) is 30.5 Å². The van der Waals surface area contributed by atoms with Crippen molar-refractivity contribution in [1.82, 2.24) is 10.3 Å². The van der Waals surface area contributed by atoms with Crippen LogP contribution in [0.5, 0.6) is 0 Å². The minimum Gasteiger partial charge on any atom is -0.423 e. The molecule has 2 aromatic carbocycles. The summed E-state index contributed by atoms with van der Waals surface area (Å²) in [5.74, 6) is -0.212. The number of hydrogen-bond donors (Lipinski definition) is 1. The van der Waals surface area contributed by atoms with E-state index in [0.29, 0.717) is 28.2 Å². The molecule has 0 aliphatic carbocycles. The summed E-state index contributed by atoms with van der Waals surface area (Å²) in [6, 6.07) is 13.3. The number of benzene rings is 2. The molecule has 26 heavy (non-hydrogen) atoms. The molecule has 1 aliphatic heterocycles. The number of anilines is 1. The smallest absolute Gasteiger partial charge is 0.298 e. The van der Waals surface area contributed by atoms with Crippen LogP contribution in [0, 0.1) is 0 Å². The molecule has 1 atom stereocenters. The van der Waals surface area contributed by atoms with E-state index in [1.807, 2.05) is 24.3 Å². The summed E-state index contributed by atoms with van der Waals surface area (Å²) >= 11 is 12.0. The molecule has 0 radical (unpaired) electrons. The molecule has 1 unspecified atom stereocenters. The molecule has 4 rings (SSSR count). The van der Waals surface area contributed by atoms with Crippen molar-refractivity contribution in [3.63, 3.8) is 0 Å². The maximum Gasteiger partial charge on any atom is 0.298 e. The van der Waals surface area contributed by atoms with Crippen LogP contribution >= 0.6 is 23.2 Å². The summed E-state index contributed by atoms with van der Waals surface area (Å²) in [6.07, 6.45) is 1.99. The van der Waals surface area contributed by atoms with Gasteiger partial charge in [0.15, 0.2) is 5.58 Å². The number of aromatic nitrogens is 1. The molecular weight excluding hydrogens is 373 g/mol. The van der Waals surface area contributed by atoms with E-state index in [-0.39, 0.29) is 11.9 Å². The second-order valence-corrected chi connectivity index (χ2v) is 7.13. The molecule has 1 N–H and O–H groups in total. The van der Waals surface area contributed by atoms with Crippen molar-refractivity contribution in [3.8, 4) is 0 Å². The fourth-order valence-electron chi connectivity index (χ4n) is 3.26. The first-order valence-electron chi connectivity index (χ1n) is 8.47. The zero-order valence-electron chi connectivity index (χ0n) is 13.9. The zero-order chi connectivity index (χ0) is 18.1. The Kier molecular flexibility index (Phi) is 4.74. The maximum absolute atomic E-state index is 12.4. The molecule has 7 heteroatoms. The van der Waals surface area contributed by atoms with Crippen molar-refractivity contribution in [1.29, 1.82) is 0 Å². The Bertz CT molecular complexity index is 924. The Morgan fingerprint density at radius 2 is 2.12 bits per heavy atom. The molecule has 3 aromatic rings. The predicted octanol–water partition coefficient (Wildman–Crippen LogP) is 4.53. The van der Waals surface area contributed by atoms with Gasteiger partial charge in [-0.2, -0.15) is 4.98 Å². The van der Waals surface area contributed by atoms with Crippen molar-refractivity contribution < 1.29 is 9.21 Å². The molecule has 1 fully saturated rings. The molecule has 5 nitrogen and oxygen atoms in total. The number of hydrogen-bond acceptors (Lipinski definition) is 4. The molecule has 134 valence electrons. The number of amides is 1. The maximum atomic E-state index is 12.4. The van der Waals surface area contributed by atoms with Crippen LogP contribution in [-0.4, -0.2) is 30.0 Å². The predicted molar refractivity (Wildman–Crippen MR) is 103 cm³/mol. The van der Waals surface area contributed by atoms with Crippen LogP contribution in [0.1, 0.15) is 23.2 Å². The van der Waals surface area contributed by atoms with Gasteiger partial charge in [-0.15, -0.1) is 0 Å². The topological polar surface area (TPSA) is 58.4 Å². The Labute approximate surface area is 160 Å². The lowest BCUT2D eigenvalue weighted by Gasteiger charge is -2.23. The molecule has 1 saturated heterocycles. The van der Waals surface area contributed by atoms with Crippen LogP contribution in [0.15, 0.2) is 46.9 Å². The molecule has 0 saturated carbocycles. The van der Waals surface area contributed by atoms with E-state index < -0.39 is 0 Å². The van der Waals surface area contributed by atoms with Crippen LogP contribution < -0.4 is 10.2 Å². The number of rotatable bonds is 4. The summed E-state index contributed by atoms with van der Waals surface area (Å²) in [5, 5.41) is 3.81. The molecule has 1 amide bonds. The lowest BCUT2D eigenvalue weighted by atomic mass is 10.2. The Hall–Kier alpha value is -2.24. The van der Waals surface area contributed by atoms with Crippen molar-refractivity contribution in [2.75, 3.05) is 18.0 Å². The monoisotopic (exact) mass is 389 g/mol. The molecule has 0 spiro atoms. The summed E-state index contributed by atoms with van der Waals surface area (Å²) in [4.78, 5) is 19.1. The van der Waals surface area contributed by atoms with Crippen LogP contribution in [0.3, 0.4) is 0 Å². The third-order valence-electron chi connectivity index (χ3n) is 4.58. The Morgan fingerprint density at radius 1 is 1.27 bits per heavy atom. The van der Waals surface area contributed by atoms with Gasteiger partial charge in [0, 0.05) is 18.1 Å². The SMILES string of the molecule is O=C(NCC1CCCN1c1nc2ccccc2o1)c1ccc(Cl)cc1Cl. The molecular formula is C19H17Cl2N3O2. The lowest BCUT2D eigenvalue weighted by molar-refractivity contribution is 0.0951. The van der Waals surface area contributed by atoms with Gasteiger partial charge in [-0.05, 0) is 43.2 Å². The van der Waals surface area contributed by atoms with Gasteiger partial charge in [0.2, 0.25) is 0 Å². The van der Waals surface area contributed by atoms with Gasteiger partial charge in [-0.1, -0.05) is 35.3 Å². The molecule has 2 heterocycles. The fraction of sp³-hybridized carbons (Fsp3) is 0.263. The van der Waals surface area contributed by atoms with Gasteiger partial charge in [0.1, 0.15) is 5.52 Å². The highest BCUT2D eigenvalue weighted by atomic mass is 35.5. The largest absolute Gasteiger partial charge is 0.423 e. The van der Waals surface area contributed by atoms with Gasteiger partial charge in [-0.3, -0.25) is 4.79 Å². The standard InChI is InChI=1S/C19H17Cl2N3O2/c20-12-7-8-14(15(21)10-12)18(25)22-11-13-4-3-9-24(13)19-23-16-5-1-2-6-17(16)26-19/h1-2,5-8,10,13H,3-4,9,11H2,(H,22,25). The van der Waals surface area contributed by atoms with E-state index in [2.05, 4.69) is 15.2 Å². The molecule has 0 bridgehead atoms. The highest BCUT2D eigenvalue weighted by Crippen LogP contribution is 2.28. The average Bonchev–Trinajstić information content (AvgIpc) is 3.25. The first-order chi connectivity index (χ1) is 12.6. The number of fused-ring (bicyclic) bond motifs is 1. The van der Waals surface area contributed by atoms with Crippen molar-refractivity contribution in [2.45, 2.75) is 18.9 Å². The Balaban J connectivity index is 1.46. The van der Waals surface area contributed by atoms with Crippen LogP contribution in [-0.2, 0) is 0 Å². The van der Waals surface area contributed by atoms with E-state index >= 15 is 0 Å². The highest BCUT2D eigenvalue weighted by Gasteiger charge is 2.29. The quantitative estimate of drug-likeness (QED) is 0.711. The Morgan fingerprint density at radius 3 is 2.92 bits per heavy atom. The zero-order valence-corrected chi connectivity index (χ0v) is 15.4. The number of carbonyl (C=O) groups is 1. The van der Waals surface area contributed by atoms with Gasteiger partial charge >= 0.3 is 0 Å². The number of carbonyl (C=O) groups excluding carboxylic acids is 1. The summed E-state index contributed by atoms with van der Waals surface area (Å²) < 4.78 is 5.87. The summed E-state index contributed by atoms with van der Waals surface area (Å²) in [6.45, 7) is 1.35. The van der Waals surface area contributed by atoms with Crippen molar-refractivity contribution >= 4 is 46.2 Å². The van der Waals surface area contributed by atoms with Gasteiger partial charge in [0.25, 0.3) is 11.9 Å². The van der Waals surface area contributed by atoms with Gasteiger partial charge in [-0.25, -0.2) is 0 Å². The highest BCUT2D eigenvalue weighted by molar-refractivity contribution is 6.36. The number of oxazole rings is 1. The van der Waals surface area contributed by atoms with Crippen molar-refractivity contribution in [2.24, 2.45) is 0 Å². The van der Waals surface area contributed by atoms with E-state index in [4.69, 9.17) is 27.6 Å². The second-order valence-electron chi connectivity index (χ2n) is 6.29. The van der Waals surface area contributed by atoms with Gasteiger partial charge < -0.3 is 14.6 Å². The first-order valence-corrected chi connectivity index (χ1v) is 9.23. The molecule has 1 aliphatic rings. The summed E-state index contributed by atoms with van der Waals surface area (Å²) in [5.41, 5.74) is 2.03. The molecule has 1 aromatic heterocycles. The second kappa shape index (κ2) is 7.17. The minimum atomic E-state index is -0.212. The van der Waals surface area contributed by atoms with Crippen LogP contribution in [0.2, 0.25) is 10.0 Å².